The van der Waals surface area contributed by atoms with Gasteiger partial charge >= 0.3 is 5.97 Å². The van der Waals surface area contributed by atoms with Crippen LogP contribution in [-0.4, -0.2) is 83.4 Å². The molecule has 2 saturated heterocycles. The molecule has 0 bridgehead atoms. The Morgan fingerprint density at radius 2 is 1.80 bits per heavy atom. The molecule has 0 spiro atoms. The molecule has 2 aromatic heterocycles. The number of likely N-dealkylation sites (tertiary alicyclic amines) is 1. The van der Waals surface area contributed by atoms with Crippen molar-refractivity contribution in [2.45, 2.75) is 51.0 Å². The SMILES string of the molecule is COC(=O)c1ccc2nc(CN3CCC(c4cccc(OCc5ccc(C(=O)N(C)OC)cc5F)n4)CC3)n(C[C@@H]3CCO3)c2c1. The Morgan fingerprint density at radius 3 is 2.50 bits per heavy atom. The molecule has 0 unspecified atom stereocenters. The van der Waals surface area contributed by atoms with E-state index in [0.29, 0.717) is 30.1 Å². The molecule has 0 saturated carbocycles. The Hall–Kier alpha value is -4.39. The molecular weight excluding hydrogens is 593 g/mol. The molecule has 0 aliphatic carbocycles. The summed E-state index contributed by atoms with van der Waals surface area (Å²) in [7, 11) is 4.22. The second kappa shape index (κ2) is 13.9. The number of hydroxylamine groups is 2. The fraction of sp³-hybridized carbons (Fsp3) is 0.412. The van der Waals surface area contributed by atoms with Gasteiger partial charge in [0, 0.05) is 42.5 Å². The van der Waals surface area contributed by atoms with Crippen LogP contribution in [0.4, 0.5) is 4.39 Å². The van der Waals surface area contributed by atoms with E-state index >= 15 is 0 Å². The van der Waals surface area contributed by atoms with E-state index in [0.717, 1.165) is 66.6 Å². The number of hydrogen-bond acceptors (Lipinski definition) is 9. The van der Waals surface area contributed by atoms with Crippen molar-refractivity contribution in [2.24, 2.45) is 0 Å². The number of benzene rings is 2. The van der Waals surface area contributed by atoms with Crippen molar-refractivity contribution in [3.63, 3.8) is 0 Å². The highest BCUT2D eigenvalue weighted by molar-refractivity contribution is 5.94. The number of fused-ring (bicyclic) bond motifs is 1. The predicted octanol–water partition coefficient (Wildman–Crippen LogP) is 4.74. The summed E-state index contributed by atoms with van der Waals surface area (Å²) in [5, 5.41) is 1.04. The number of pyridine rings is 1. The molecule has 1 amide bonds. The van der Waals surface area contributed by atoms with E-state index in [1.165, 1.54) is 33.4 Å². The summed E-state index contributed by atoms with van der Waals surface area (Å²) in [4.78, 5) is 41.4. The molecule has 242 valence electrons. The quantitative estimate of drug-likeness (QED) is 0.171. The lowest BCUT2D eigenvalue weighted by atomic mass is 9.93. The molecule has 46 heavy (non-hydrogen) atoms. The van der Waals surface area contributed by atoms with E-state index in [4.69, 9.17) is 29.0 Å². The number of amides is 1. The number of hydrogen-bond donors (Lipinski definition) is 0. The number of halogens is 1. The number of carbonyl (C=O) groups is 2. The van der Waals surface area contributed by atoms with E-state index < -0.39 is 11.7 Å². The zero-order valence-electron chi connectivity index (χ0n) is 26.3. The second-order valence-corrected chi connectivity index (χ2v) is 11.6. The number of esters is 1. The minimum atomic E-state index is -0.531. The van der Waals surface area contributed by atoms with Crippen LogP contribution in [0, 0.1) is 5.82 Å². The standard InChI is InChI=1S/C34H38FN5O6/c1-38(44-3)33(41)23-7-8-25(27(35)17-23)21-46-32-6-4-5-28(37-32)22-11-14-39(15-12-22)20-31-36-29-10-9-24(34(42)43-2)18-30(29)40(31)19-26-13-16-45-26/h4-10,17-18,22,26H,11-16,19-21H2,1-3H3/t26-/m0/s1. The van der Waals surface area contributed by atoms with Crippen molar-refractivity contribution in [2.75, 3.05) is 41.0 Å². The summed E-state index contributed by atoms with van der Waals surface area (Å²) in [5.41, 5.74) is 3.73. The highest BCUT2D eigenvalue weighted by Crippen LogP contribution is 2.30. The van der Waals surface area contributed by atoms with Crippen molar-refractivity contribution in [3.8, 4) is 5.88 Å². The molecule has 2 aliphatic heterocycles. The van der Waals surface area contributed by atoms with Crippen molar-refractivity contribution >= 4 is 22.9 Å². The Balaban J connectivity index is 1.08. The third-order valence-corrected chi connectivity index (χ3v) is 8.78. The lowest BCUT2D eigenvalue weighted by molar-refractivity contribution is -0.0757. The molecule has 0 radical (unpaired) electrons. The molecule has 2 aliphatic rings. The van der Waals surface area contributed by atoms with Gasteiger partial charge in [-0.3, -0.25) is 14.5 Å². The summed E-state index contributed by atoms with van der Waals surface area (Å²) in [6.45, 7) is 3.90. The Labute approximate surface area is 266 Å². The van der Waals surface area contributed by atoms with Crippen LogP contribution in [0.15, 0.2) is 54.6 Å². The third kappa shape index (κ3) is 6.88. The maximum Gasteiger partial charge on any atom is 0.337 e. The van der Waals surface area contributed by atoms with Gasteiger partial charge in [-0.25, -0.2) is 24.2 Å². The van der Waals surface area contributed by atoms with Gasteiger partial charge in [0.05, 0.1) is 50.0 Å². The second-order valence-electron chi connectivity index (χ2n) is 11.6. The topological polar surface area (TPSA) is 108 Å². The Morgan fingerprint density at radius 1 is 1.02 bits per heavy atom. The number of carbonyl (C=O) groups excluding carboxylic acids is 2. The Kier molecular flexibility index (Phi) is 9.57. The minimum Gasteiger partial charge on any atom is -0.473 e. The summed E-state index contributed by atoms with van der Waals surface area (Å²) < 4.78 is 33.4. The average molecular weight is 632 g/mol. The highest BCUT2D eigenvalue weighted by atomic mass is 19.1. The van der Waals surface area contributed by atoms with Crippen LogP contribution in [0.5, 0.6) is 5.88 Å². The number of nitrogens with zero attached hydrogens (tertiary/aromatic N) is 5. The number of ether oxygens (including phenoxy) is 3. The van der Waals surface area contributed by atoms with Crippen LogP contribution in [0.1, 0.15) is 63.0 Å². The smallest absolute Gasteiger partial charge is 0.337 e. The molecule has 2 fully saturated rings. The fourth-order valence-corrected chi connectivity index (χ4v) is 5.91. The first-order valence-electron chi connectivity index (χ1n) is 15.4. The lowest BCUT2D eigenvalue weighted by Gasteiger charge is -2.32. The average Bonchev–Trinajstić information content (AvgIpc) is 3.40. The lowest BCUT2D eigenvalue weighted by Crippen LogP contribution is -2.35. The number of imidazole rings is 1. The minimum absolute atomic E-state index is 0.0106. The van der Waals surface area contributed by atoms with Gasteiger partial charge in [0.2, 0.25) is 5.88 Å². The number of piperidine rings is 1. The molecule has 6 rings (SSSR count). The van der Waals surface area contributed by atoms with Crippen LogP contribution < -0.4 is 4.74 Å². The first-order chi connectivity index (χ1) is 22.3. The first kappa shape index (κ1) is 31.6. The highest BCUT2D eigenvalue weighted by Gasteiger charge is 2.26. The molecule has 4 aromatic rings. The normalized spacial score (nSPS) is 17.1. The maximum atomic E-state index is 14.7. The van der Waals surface area contributed by atoms with Crippen LogP contribution in [0.25, 0.3) is 11.0 Å². The number of aromatic nitrogens is 3. The predicted molar refractivity (Wildman–Crippen MR) is 167 cm³/mol. The summed E-state index contributed by atoms with van der Waals surface area (Å²) >= 11 is 0. The maximum absolute atomic E-state index is 14.7. The van der Waals surface area contributed by atoms with E-state index in [-0.39, 0.29) is 30.2 Å². The molecular formula is C34H38FN5O6. The summed E-state index contributed by atoms with van der Waals surface area (Å²) in [6, 6.07) is 15.5. The van der Waals surface area contributed by atoms with Gasteiger partial charge in [0.15, 0.2) is 0 Å². The van der Waals surface area contributed by atoms with E-state index in [2.05, 4.69) is 9.47 Å². The van der Waals surface area contributed by atoms with Crippen LogP contribution in [0.2, 0.25) is 0 Å². The number of methoxy groups -OCH3 is 1. The van der Waals surface area contributed by atoms with Crippen molar-refractivity contribution < 1.29 is 33.0 Å². The van der Waals surface area contributed by atoms with Crippen molar-refractivity contribution in [3.05, 3.63) is 88.6 Å². The summed E-state index contributed by atoms with van der Waals surface area (Å²) in [6.07, 6.45) is 3.00. The van der Waals surface area contributed by atoms with Crippen LogP contribution >= 0.6 is 0 Å². The molecule has 2 aromatic carbocycles. The van der Waals surface area contributed by atoms with E-state index in [1.54, 1.807) is 18.2 Å². The van der Waals surface area contributed by atoms with Gasteiger partial charge < -0.3 is 18.8 Å². The van der Waals surface area contributed by atoms with Crippen molar-refractivity contribution in [1.82, 2.24) is 24.5 Å². The summed E-state index contributed by atoms with van der Waals surface area (Å²) in [5.74, 6) is 0.310. The molecule has 0 N–H and O–H groups in total. The largest absolute Gasteiger partial charge is 0.473 e. The zero-order chi connectivity index (χ0) is 32.2. The monoisotopic (exact) mass is 631 g/mol. The Bertz CT molecular complexity index is 1720. The van der Waals surface area contributed by atoms with Crippen molar-refractivity contribution in [1.29, 1.82) is 0 Å². The molecule has 11 nitrogen and oxygen atoms in total. The third-order valence-electron chi connectivity index (χ3n) is 8.78. The van der Waals surface area contributed by atoms with Gasteiger partial charge in [-0.15, -0.1) is 0 Å². The number of rotatable bonds is 11. The van der Waals surface area contributed by atoms with Gasteiger partial charge in [0.1, 0.15) is 18.2 Å². The van der Waals surface area contributed by atoms with Gasteiger partial charge in [-0.1, -0.05) is 12.1 Å². The molecule has 12 heteroatoms. The van der Waals surface area contributed by atoms with Crippen LogP contribution in [-0.2, 0) is 34.0 Å². The molecule has 4 heterocycles. The molecule has 1 atom stereocenters. The zero-order valence-corrected chi connectivity index (χ0v) is 26.3. The van der Waals surface area contributed by atoms with E-state index in [9.17, 15) is 14.0 Å². The van der Waals surface area contributed by atoms with Gasteiger partial charge in [-0.2, -0.15) is 0 Å². The van der Waals surface area contributed by atoms with Gasteiger partial charge in [0.25, 0.3) is 5.91 Å². The fourth-order valence-electron chi connectivity index (χ4n) is 5.91. The first-order valence-corrected chi connectivity index (χ1v) is 15.4. The van der Waals surface area contributed by atoms with Gasteiger partial charge in [-0.05, 0) is 68.8 Å². The van der Waals surface area contributed by atoms with E-state index in [1.807, 2.05) is 24.3 Å². The van der Waals surface area contributed by atoms with Crippen LogP contribution in [0.3, 0.4) is 0 Å².